The van der Waals surface area contributed by atoms with Crippen molar-refractivity contribution < 1.29 is 5.11 Å². The number of nitriles is 1. The molecule has 28 heavy (non-hydrogen) atoms. The summed E-state index contributed by atoms with van der Waals surface area (Å²) >= 11 is 1.52. The zero-order valence-electron chi connectivity index (χ0n) is 15.6. The zero-order valence-corrected chi connectivity index (χ0v) is 16.4. The van der Waals surface area contributed by atoms with Gasteiger partial charge in [-0.3, -0.25) is 0 Å². The predicted molar refractivity (Wildman–Crippen MR) is 114 cm³/mol. The summed E-state index contributed by atoms with van der Waals surface area (Å²) in [5, 5.41) is 22.6. The molecule has 3 atom stereocenters. The maximum atomic E-state index is 10.0. The number of thiazole rings is 1. The molecule has 0 unspecified atom stereocenters. The molecule has 0 saturated carbocycles. The van der Waals surface area contributed by atoms with Crippen LogP contribution < -0.4 is 4.90 Å². The second kappa shape index (κ2) is 7.97. The fraction of sp³-hybridized carbons (Fsp3) is 0.217. The summed E-state index contributed by atoms with van der Waals surface area (Å²) in [6.45, 7) is 1.97. The highest BCUT2D eigenvalue weighted by Crippen LogP contribution is 2.45. The Balaban J connectivity index is 1.61. The molecular formula is C23H21N3OS. The van der Waals surface area contributed by atoms with Gasteiger partial charge in [0.25, 0.3) is 0 Å². The summed E-state index contributed by atoms with van der Waals surface area (Å²) in [7, 11) is 0. The lowest BCUT2D eigenvalue weighted by atomic mass is 9.76. The molecular weight excluding hydrogens is 366 g/mol. The van der Waals surface area contributed by atoms with Crippen LogP contribution in [0.25, 0.3) is 17.3 Å². The summed E-state index contributed by atoms with van der Waals surface area (Å²) in [6.07, 6.45) is 4.05. The fourth-order valence-electron chi connectivity index (χ4n) is 3.82. The lowest BCUT2D eigenvalue weighted by molar-refractivity contribution is 0.187. The van der Waals surface area contributed by atoms with Crippen molar-refractivity contribution in [1.82, 2.24) is 4.98 Å². The molecule has 0 spiro atoms. The van der Waals surface area contributed by atoms with Crippen molar-refractivity contribution in [1.29, 1.82) is 5.26 Å². The van der Waals surface area contributed by atoms with Gasteiger partial charge in [-0.1, -0.05) is 66.7 Å². The van der Waals surface area contributed by atoms with E-state index in [1.807, 2.05) is 59.7 Å². The van der Waals surface area contributed by atoms with Gasteiger partial charge >= 0.3 is 0 Å². The summed E-state index contributed by atoms with van der Waals surface area (Å²) in [6, 6.07) is 20.2. The van der Waals surface area contributed by atoms with Crippen LogP contribution in [0.4, 0.5) is 5.13 Å². The van der Waals surface area contributed by atoms with E-state index < -0.39 is 0 Å². The van der Waals surface area contributed by atoms with Gasteiger partial charge in [0.15, 0.2) is 5.13 Å². The first-order valence-electron chi connectivity index (χ1n) is 9.29. The van der Waals surface area contributed by atoms with E-state index in [1.54, 1.807) is 0 Å². The molecule has 2 heterocycles. The van der Waals surface area contributed by atoms with E-state index in [-0.39, 0.29) is 24.6 Å². The molecule has 140 valence electrons. The molecule has 0 aliphatic carbocycles. The number of aromatic nitrogens is 1. The Morgan fingerprint density at radius 2 is 1.93 bits per heavy atom. The second-order valence-corrected chi connectivity index (χ2v) is 7.64. The summed E-state index contributed by atoms with van der Waals surface area (Å²) in [5.74, 6) is -0.0290. The molecule has 1 aliphatic heterocycles. The van der Waals surface area contributed by atoms with Crippen LogP contribution in [-0.2, 0) is 0 Å². The van der Waals surface area contributed by atoms with Crippen LogP contribution >= 0.6 is 11.3 Å². The first kappa shape index (κ1) is 18.4. The van der Waals surface area contributed by atoms with Crippen molar-refractivity contribution in [3.63, 3.8) is 0 Å². The molecule has 1 aromatic heterocycles. The van der Waals surface area contributed by atoms with Crippen LogP contribution in [0.5, 0.6) is 0 Å². The van der Waals surface area contributed by atoms with Gasteiger partial charge in [0, 0.05) is 16.9 Å². The Bertz CT molecular complexity index is 1000. The number of aliphatic hydroxyl groups is 1. The maximum absolute atomic E-state index is 10.0. The van der Waals surface area contributed by atoms with Crippen LogP contribution in [-0.4, -0.2) is 28.8 Å². The van der Waals surface area contributed by atoms with Crippen LogP contribution in [0.3, 0.4) is 0 Å². The topological polar surface area (TPSA) is 60.2 Å². The molecule has 2 aromatic carbocycles. The molecule has 0 amide bonds. The first-order chi connectivity index (χ1) is 13.8. The second-order valence-electron chi connectivity index (χ2n) is 6.80. The Labute approximate surface area is 169 Å². The lowest BCUT2D eigenvalue weighted by Crippen LogP contribution is -2.63. The smallest absolute Gasteiger partial charge is 0.187 e. The molecule has 1 saturated heterocycles. The first-order valence-corrected chi connectivity index (χ1v) is 10.2. The van der Waals surface area contributed by atoms with E-state index >= 15 is 0 Å². The normalized spacial score (nSPS) is 21.5. The van der Waals surface area contributed by atoms with Gasteiger partial charge in [0.05, 0.1) is 24.4 Å². The van der Waals surface area contributed by atoms with Crippen LogP contribution in [0.1, 0.15) is 24.0 Å². The van der Waals surface area contributed by atoms with Gasteiger partial charge in [-0.05, 0) is 18.1 Å². The Morgan fingerprint density at radius 3 is 2.57 bits per heavy atom. The van der Waals surface area contributed by atoms with Crippen molar-refractivity contribution in [2.24, 2.45) is 0 Å². The molecule has 1 fully saturated rings. The molecule has 0 bridgehead atoms. The number of nitrogens with zero attached hydrogens (tertiary/aromatic N) is 3. The minimum Gasteiger partial charge on any atom is -0.394 e. The van der Waals surface area contributed by atoms with Crippen molar-refractivity contribution in [3.8, 4) is 17.3 Å². The third-order valence-corrected chi connectivity index (χ3v) is 6.05. The quantitative estimate of drug-likeness (QED) is 0.689. The Kier molecular flexibility index (Phi) is 5.25. The molecule has 0 radical (unpaired) electrons. The van der Waals surface area contributed by atoms with E-state index in [0.717, 1.165) is 27.5 Å². The Morgan fingerprint density at radius 1 is 1.18 bits per heavy atom. The van der Waals surface area contributed by atoms with E-state index in [9.17, 15) is 10.4 Å². The average Bonchev–Trinajstić information content (AvgIpc) is 3.19. The number of rotatable bonds is 5. The van der Waals surface area contributed by atoms with Gasteiger partial charge in [0.2, 0.25) is 0 Å². The van der Waals surface area contributed by atoms with E-state index in [1.165, 1.54) is 11.3 Å². The minimum absolute atomic E-state index is 0.0142. The highest BCUT2D eigenvalue weighted by atomic mass is 32.1. The highest BCUT2D eigenvalue weighted by Gasteiger charge is 2.50. The lowest BCUT2D eigenvalue weighted by Gasteiger charge is -2.51. The van der Waals surface area contributed by atoms with Gasteiger partial charge in [-0.2, -0.15) is 5.26 Å². The molecule has 4 rings (SSSR count). The average molecular weight is 388 g/mol. The molecule has 5 heteroatoms. The summed E-state index contributed by atoms with van der Waals surface area (Å²) in [4.78, 5) is 6.70. The highest BCUT2D eigenvalue weighted by molar-refractivity contribution is 7.14. The predicted octanol–water partition coefficient (Wildman–Crippen LogP) is 4.70. The van der Waals surface area contributed by atoms with Gasteiger partial charge < -0.3 is 10.0 Å². The maximum Gasteiger partial charge on any atom is 0.187 e. The number of hydrogen-bond donors (Lipinski definition) is 1. The SMILES string of the molecule is C/C=C/c1ccc([C@H]2[C@H](C#N)N(c3nc(-c4ccccc4)cs3)[C@H]2CO)cc1. The third-order valence-electron chi connectivity index (χ3n) is 5.19. The van der Waals surface area contributed by atoms with Crippen molar-refractivity contribution in [2.75, 3.05) is 11.5 Å². The number of hydrogen-bond acceptors (Lipinski definition) is 5. The summed E-state index contributed by atoms with van der Waals surface area (Å²) < 4.78 is 0. The van der Waals surface area contributed by atoms with Gasteiger partial charge in [-0.15, -0.1) is 11.3 Å². The van der Waals surface area contributed by atoms with Crippen molar-refractivity contribution >= 4 is 22.5 Å². The van der Waals surface area contributed by atoms with Crippen LogP contribution in [0, 0.1) is 11.3 Å². The zero-order chi connectivity index (χ0) is 19.5. The summed E-state index contributed by atoms with van der Waals surface area (Å²) in [5.41, 5.74) is 4.16. The van der Waals surface area contributed by atoms with Gasteiger partial charge in [-0.25, -0.2) is 4.98 Å². The van der Waals surface area contributed by atoms with Gasteiger partial charge in [0.1, 0.15) is 6.04 Å². The van der Waals surface area contributed by atoms with E-state index in [4.69, 9.17) is 4.98 Å². The number of allylic oxidation sites excluding steroid dienone is 1. The molecule has 3 aromatic rings. The standard InChI is InChI=1S/C23H21N3OS/c1-2-6-16-9-11-18(12-10-16)22-20(13-24)26(21(22)14-27)23-25-19(15-28-23)17-7-4-3-5-8-17/h2-12,15,20-22,27H,14H2,1H3/b6-2+/t20-,21-,22-/m0/s1. The number of benzene rings is 2. The largest absolute Gasteiger partial charge is 0.394 e. The van der Waals surface area contributed by atoms with Crippen molar-refractivity contribution in [3.05, 3.63) is 77.2 Å². The van der Waals surface area contributed by atoms with Crippen LogP contribution in [0.2, 0.25) is 0 Å². The molecule has 1 N–H and O–H groups in total. The van der Waals surface area contributed by atoms with E-state index in [2.05, 4.69) is 30.3 Å². The Hall–Kier alpha value is -2.94. The monoisotopic (exact) mass is 387 g/mol. The third kappa shape index (κ3) is 3.22. The van der Waals surface area contributed by atoms with Crippen LogP contribution in [0.15, 0.2) is 66.1 Å². The van der Waals surface area contributed by atoms with Crippen molar-refractivity contribution in [2.45, 2.75) is 24.9 Å². The number of anilines is 1. The van der Waals surface area contributed by atoms with E-state index in [0.29, 0.717) is 0 Å². The molecule has 4 nitrogen and oxygen atoms in total. The fourth-order valence-corrected chi connectivity index (χ4v) is 4.74. The molecule has 1 aliphatic rings. The minimum atomic E-state index is -0.334. The number of aliphatic hydroxyl groups excluding tert-OH is 1.